The van der Waals surface area contributed by atoms with Crippen molar-refractivity contribution in [1.82, 2.24) is 10.2 Å². The number of urea groups is 1. The molecule has 128 valence electrons. The van der Waals surface area contributed by atoms with Crippen LogP contribution in [0.1, 0.15) is 38.2 Å². The molecule has 0 bridgehead atoms. The molecule has 1 aromatic carbocycles. The number of carbonyl (C=O) groups excluding carboxylic acids is 1. The van der Waals surface area contributed by atoms with Gasteiger partial charge < -0.3 is 15.3 Å². The SMILES string of the molecule is CC(CNC(=O)N1CCCC(C(C)O)C1)c1ccc(F)cc1F. The maximum atomic E-state index is 13.7. The van der Waals surface area contributed by atoms with E-state index in [-0.39, 0.29) is 24.4 Å². The van der Waals surface area contributed by atoms with Crippen molar-refractivity contribution in [3.05, 3.63) is 35.4 Å². The lowest BCUT2D eigenvalue weighted by Crippen LogP contribution is -2.48. The molecule has 1 fully saturated rings. The second kappa shape index (κ2) is 7.73. The maximum absolute atomic E-state index is 13.7. The Labute approximate surface area is 135 Å². The summed E-state index contributed by atoms with van der Waals surface area (Å²) in [4.78, 5) is 13.9. The fourth-order valence-corrected chi connectivity index (χ4v) is 2.95. The van der Waals surface area contributed by atoms with E-state index in [4.69, 9.17) is 0 Å². The zero-order valence-corrected chi connectivity index (χ0v) is 13.6. The van der Waals surface area contributed by atoms with Crippen molar-refractivity contribution in [3.63, 3.8) is 0 Å². The van der Waals surface area contributed by atoms with Gasteiger partial charge in [0.15, 0.2) is 0 Å². The first-order valence-electron chi connectivity index (χ1n) is 8.04. The Balaban J connectivity index is 1.88. The lowest BCUT2D eigenvalue weighted by Gasteiger charge is -2.34. The van der Waals surface area contributed by atoms with Crippen LogP contribution < -0.4 is 5.32 Å². The van der Waals surface area contributed by atoms with Crippen molar-refractivity contribution in [2.45, 2.75) is 38.7 Å². The van der Waals surface area contributed by atoms with Crippen LogP contribution in [-0.4, -0.2) is 41.8 Å². The molecule has 1 saturated heterocycles. The number of nitrogens with zero attached hydrogens (tertiary/aromatic N) is 1. The molecule has 4 nitrogen and oxygen atoms in total. The lowest BCUT2D eigenvalue weighted by molar-refractivity contribution is 0.0739. The number of likely N-dealkylation sites (tertiary alicyclic amines) is 1. The van der Waals surface area contributed by atoms with E-state index in [0.717, 1.165) is 18.9 Å². The van der Waals surface area contributed by atoms with Crippen LogP contribution in [0.4, 0.5) is 13.6 Å². The summed E-state index contributed by atoms with van der Waals surface area (Å²) in [6, 6.07) is 3.27. The monoisotopic (exact) mass is 326 g/mol. The summed E-state index contributed by atoms with van der Waals surface area (Å²) in [5.74, 6) is -1.36. The summed E-state index contributed by atoms with van der Waals surface area (Å²) in [6.07, 6.45) is 1.35. The van der Waals surface area contributed by atoms with Crippen molar-refractivity contribution >= 4 is 6.03 Å². The van der Waals surface area contributed by atoms with Crippen LogP contribution in [0.2, 0.25) is 0 Å². The van der Waals surface area contributed by atoms with Gasteiger partial charge in [-0.15, -0.1) is 0 Å². The number of aliphatic hydroxyl groups is 1. The first-order chi connectivity index (χ1) is 10.9. The molecule has 1 heterocycles. The summed E-state index contributed by atoms with van der Waals surface area (Å²) in [6.45, 7) is 4.99. The normalized spacial score (nSPS) is 20.9. The number of halogens is 2. The van der Waals surface area contributed by atoms with Crippen LogP contribution in [0.5, 0.6) is 0 Å². The average Bonchev–Trinajstić information content (AvgIpc) is 2.52. The predicted molar refractivity (Wildman–Crippen MR) is 84.1 cm³/mol. The fourth-order valence-electron chi connectivity index (χ4n) is 2.95. The third-order valence-electron chi connectivity index (χ3n) is 4.48. The fraction of sp³-hybridized carbons (Fsp3) is 0.588. The quantitative estimate of drug-likeness (QED) is 0.894. The number of aliphatic hydroxyl groups excluding tert-OH is 1. The summed E-state index contributed by atoms with van der Waals surface area (Å²) >= 11 is 0. The number of hydrogen-bond acceptors (Lipinski definition) is 2. The summed E-state index contributed by atoms with van der Waals surface area (Å²) in [7, 11) is 0. The van der Waals surface area contributed by atoms with Gasteiger partial charge in [-0.25, -0.2) is 13.6 Å². The Morgan fingerprint density at radius 2 is 2.17 bits per heavy atom. The van der Waals surface area contributed by atoms with E-state index in [9.17, 15) is 18.7 Å². The molecule has 3 unspecified atom stereocenters. The van der Waals surface area contributed by atoms with Crippen LogP contribution in [-0.2, 0) is 0 Å². The van der Waals surface area contributed by atoms with Gasteiger partial charge in [-0.1, -0.05) is 13.0 Å². The van der Waals surface area contributed by atoms with Gasteiger partial charge in [0.25, 0.3) is 0 Å². The first kappa shape index (κ1) is 17.7. The van der Waals surface area contributed by atoms with Gasteiger partial charge in [0.1, 0.15) is 11.6 Å². The highest BCUT2D eigenvalue weighted by Crippen LogP contribution is 2.21. The molecule has 1 aromatic rings. The van der Waals surface area contributed by atoms with Gasteiger partial charge >= 0.3 is 6.03 Å². The summed E-state index contributed by atoms with van der Waals surface area (Å²) in [5, 5.41) is 12.5. The number of nitrogens with one attached hydrogen (secondary N) is 1. The van der Waals surface area contributed by atoms with E-state index in [1.54, 1.807) is 18.7 Å². The van der Waals surface area contributed by atoms with Gasteiger partial charge in [-0.3, -0.25) is 0 Å². The molecule has 23 heavy (non-hydrogen) atoms. The van der Waals surface area contributed by atoms with E-state index in [1.165, 1.54) is 12.1 Å². The van der Waals surface area contributed by atoms with Crippen molar-refractivity contribution in [1.29, 1.82) is 0 Å². The Hall–Kier alpha value is -1.69. The minimum absolute atomic E-state index is 0.0986. The molecule has 0 radical (unpaired) electrons. The number of benzene rings is 1. The Bertz CT molecular complexity index is 551. The van der Waals surface area contributed by atoms with Crippen LogP contribution in [0, 0.1) is 17.6 Å². The number of hydrogen-bond donors (Lipinski definition) is 2. The minimum atomic E-state index is -0.611. The van der Waals surface area contributed by atoms with Crippen molar-refractivity contribution in [2.24, 2.45) is 5.92 Å². The molecule has 2 rings (SSSR count). The molecule has 0 aliphatic carbocycles. The topological polar surface area (TPSA) is 52.6 Å². The third-order valence-corrected chi connectivity index (χ3v) is 4.48. The standard InChI is InChI=1S/C17H24F2N2O2/c1-11(15-6-5-14(18)8-16(15)19)9-20-17(23)21-7-3-4-13(10-21)12(2)22/h5-6,8,11-13,22H,3-4,7,9-10H2,1-2H3,(H,20,23). The molecule has 0 saturated carbocycles. The van der Waals surface area contributed by atoms with Crippen LogP contribution in [0.3, 0.4) is 0 Å². The number of carbonyl (C=O) groups is 1. The molecule has 0 aromatic heterocycles. The van der Waals surface area contributed by atoms with Gasteiger partial charge in [0.05, 0.1) is 6.10 Å². The molecule has 1 aliphatic heterocycles. The predicted octanol–water partition coefficient (Wildman–Crippen LogP) is 2.87. The zero-order chi connectivity index (χ0) is 17.0. The number of rotatable bonds is 4. The molecule has 6 heteroatoms. The molecule has 2 amide bonds. The largest absolute Gasteiger partial charge is 0.393 e. The van der Waals surface area contributed by atoms with Gasteiger partial charge in [-0.2, -0.15) is 0 Å². The van der Waals surface area contributed by atoms with Gasteiger partial charge in [0.2, 0.25) is 0 Å². The van der Waals surface area contributed by atoms with E-state index >= 15 is 0 Å². The van der Waals surface area contributed by atoms with Crippen LogP contribution in [0.15, 0.2) is 18.2 Å². The molecule has 1 aliphatic rings. The Kier molecular flexibility index (Phi) is 5.93. The Morgan fingerprint density at radius 1 is 1.43 bits per heavy atom. The lowest BCUT2D eigenvalue weighted by atomic mass is 9.94. The van der Waals surface area contributed by atoms with E-state index in [1.807, 2.05) is 0 Å². The highest BCUT2D eigenvalue weighted by molar-refractivity contribution is 5.74. The van der Waals surface area contributed by atoms with Crippen molar-refractivity contribution in [2.75, 3.05) is 19.6 Å². The molecule has 2 N–H and O–H groups in total. The highest BCUT2D eigenvalue weighted by atomic mass is 19.1. The van der Waals surface area contributed by atoms with Gasteiger partial charge in [0, 0.05) is 37.5 Å². The molecule has 0 spiro atoms. The Morgan fingerprint density at radius 3 is 2.83 bits per heavy atom. The van der Waals surface area contributed by atoms with Gasteiger partial charge in [-0.05, 0) is 31.4 Å². The molecular weight excluding hydrogens is 302 g/mol. The minimum Gasteiger partial charge on any atom is -0.393 e. The smallest absolute Gasteiger partial charge is 0.317 e. The second-order valence-electron chi connectivity index (χ2n) is 6.34. The summed E-state index contributed by atoms with van der Waals surface area (Å²) < 4.78 is 26.7. The second-order valence-corrected chi connectivity index (χ2v) is 6.34. The molecule has 3 atom stereocenters. The molecular formula is C17H24F2N2O2. The summed E-state index contributed by atoms with van der Waals surface area (Å²) in [5.41, 5.74) is 0.382. The number of amides is 2. The van der Waals surface area contributed by atoms with E-state index in [2.05, 4.69) is 5.32 Å². The maximum Gasteiger partial charge on any atom is 0.317 e. The first-order valence-corrected chi connectivity index (χ1v) is 8.04. The van der Waals surface area contributed by atoms with Crippen molar-refractivity contribution < 1.29 is 18.7 Å². The van der Waals surface area contributed by atoms with E-state index < -0.39 is 17.7 Å². The van der Waals surface area contributed by atoms with Crippen LogP contribution >= 0.6 is 0 Å². The van der Waals surface area contributed by atoms with Crippen molar-refractivity contribution in [3.8, 4) is 0 Å². The highest BCUT2D eigenvalue weighted by Gasteiger charge is 2.26. The van der Waals surface area contributed by atoms with Crippen LogP contribution in [0.25, 0.3) is 0 Å². The zero-order valence-electron chi connectivity index (χ0n) is 13.6. The number of piperidine rings is 1. The average molecular weight is 326 g/mol. The third kappa shape index (κ3) is 4.64. The van der Waals surface area contributed by atoms with E-state index in [0.29, 0.717) is 18.7 Å².